The minimum Gasteiger partial charge on any atom is -0.507 e. The topological polar surface area (TPSA) is 276 Å². The maximum atomic E-state index is 14.0. The van der Waals surface area contributed by atoms with E-state index in [0.29, 0.717) is 11.1 Å². The fourth-order valence-corrected chi connectivity index (χ4v) is 6.71. The fourth-order valence-electron chi connectivity index (χ4n) is 6.71. The first-order valence-corrected chi connectivity index (χ1v) is 17.8. The van der Waals surface area contributed by atoms with Gasteiger partial charge in [-0.25, -0.2) is 14.4 Å². The summed E-state index contributed by atoms with van der Waals surface area (Å²) in [6.45, 7) is -0.689. The summed E-state index contributed by atoms with van der Waals surface area (Å²) in [4.78, 5) is 54.1. The molecule has 0 spiro atoms. The van der Waals surface area contributed by atoms with E-state index in [2.05, 4.69) is 0 Å². The van der Waals surface area contributed by atoms with E-state index in [1.54, 1.807) is 36.4 Å². The van der Waals surface area contributed by atoms with Crippen molar-refractivity contribution in [3.63, 3.8) is 0 Å². The number of ether oxygens (including phenoxy) is 5. The summed E-state index contributed by atoms with van der Waals surface area (Å²) in [6.07, 6.45) is -9.40. The molecule has 0 unspecified atom stereocenters. The number of aliphatic hydroxyl groups excluding tert-OH is 1. The highest BCUT2D eigenvalue weighted by atomic mass is 16.7. The number of cyclic esters (lactones) is 1. The molecule has 2 aliphatic rings. The van der Waals surface area contributed by atoms with Crippen molar-refractivity contribution in [2.24, 2.45) is 0 Å². The summed E-state index contributed by atoms with van der Waals surface area (Å²) in [7, 11) is 0. The fraction of sp³-hybridized carbons (Fsp3) is 0.190. The van der Waals surface area contributed by atoms with E-state index in [1.807, 2.05) is 0 Å². The number of rotatable bonds is 8. The Balaban J connectivity index is 1.21. The third kappa shape index (κ3) is 8.05. The van der Waals surface area contributed by atoms with Crippen LogP contribution in [0.1, 0.15) is 53.4 Å². The van der Waals surface area contributed by atoms with Crippen molar-refractivity contribution in [2.75, 3.05) is 6.61 Å². The summed E-state index contributed by atoms with van der Waals surface area (Å²) in [6, 6.07) is 19.8. The van der Waals surface area contributed by atoms with Crippen LogP contribution in [0.4, 0.5) is 0 Å². The quantitative estimate of drug-likeness (QED) is 0.0472. The Labute approximate surface area is 333 Å². The van der Waals surface area contributed by atoms with Crippen molar-refractivity contribution in [1.29, 1.82) is 0 Å². The van der Waals surface area contributed by atoms with Gasteiger partial charge in [-0.3, -0.25) is 4.79 Å². The lowest BCUT2D eigenvalue weighted by atomic mass is 9.95. The predicted molar refractivity (Wildman–Crippen MR) is 199 cm³/mol. The lowest BCUT2D eigenvalue weighted by Crippen LogP contribution is -2.62. The Hall–Kier alpha value is -7.50. The maximum Gasteiger partial charge on any atom is 0.339 e. The van der Waals surface area contributed by atoms with Crippen LogP contribution in [0.3, 0.4) is 0 Å². The zero-order valence-electron chi connectivity index (χ0n) is 30.4. The second kappa shape index (κ2) is 16.2. The number of carbonyl (C=O) groups is 4. The zero-order chi connectivity index (χ0) is 42.1. The molecule has 17 heteroatoms. The van der Waals surface area contributed by atoms with Gasteiger partial charge in [0.1, 0.15) is 35.5 Å². The molecule has 304 valence electrons. The van der Waals surface area contributed by atoms with Crippen molar-refractivity contribution in [3.8, 4) is 57.1 Å². The molecule has 17 nitrogen and oxygen atoms in total. The van der Waals surface area contributed by atoms with Crippen LogP contribution in [0.15, 0.2) is 91.0 Å². The van der Waals surface area contributed by atoms with Gasteiger partial charge in [0, 0.05) is 18.6 Å². The number of esters is 3. The monoisotopic (exact) mass is 810 g/mol. The molecule has 2 heterocycles. The number of phenolic OH excluding ortho intramolecular Hbond substituents is 7. The van der Waals surface area contributed by atoms with Crippen molar-refractivity contribution >= 4 is 23.7 Å². The van der Waals surface area contributed by atoms with Crippen LogP contribution < -0.4 is 4.74 Å². The van der Waals surface area contributed by atoms with Crippen LogP contribution >= 0.6 is 0 Å². The summed E-state index contributed by atoms with van der Waals surface area (Å²) in [5, 5.41) is 82.7. The van der Waals surface area contributed by atoms with Crippen LogP contribution in [0.25, 0.3) is 11.1 Å². The van der Waals surface area contributed by atoms with Gasteiger partial charge in [0.2, 0.25) is 6.29 Å². The molecule has 0 aliphatic carbocycles. The van der Waals surface area contributed by atoms with E-state index in [0.717, 1.165) is 24.3 Å². The van der Waals surface area contributed by atoms with Crippen molar-refractivity contribution < 1.29 is 83.7 Å². The maximum absolute atomic E-state index is 14.0. The molecular weight excluding hydrogens is 776 g/mol. The molecule has 0 saturated carbocycles. The molecule has 0 aromatic heterocycles. The second-order valence-electron chi connectivity index (χ2n) is 13.5. The van der Waals surface area contributed by atoms with Crippen LogP contribution in [0, 0.1) is 0 Å². The highest BCUT2D eigenvalue weighted by Gasteiger charge is 2.52. The highest BCUT2D eigenvalue weighted by Crippen LogP contribution is 2.39. The van der Waals surface area contributed by atoms with Crippen LogP contribution in [0.2, 0.25) is 0 Å². The summed E-state index contributed by atoms with van der Waals surface area (Å²) < 4.78 is 28.9. The lowest BCUT2D eigenvalue weighted by Gasteiger charge is -2.43. The first-order valence-electron chi connectivity index (χ1n) is 17.8. The van der Waals surface area contributed by atoms with Gasteiger partial charge in [0.05, 0.1) is 16.7 Å². The minimum atomic E-state index is -2.08. The third-order valence-electron chi connectivity index (χ3n) is 9.65. The number of carbonyl (C=O) groups excluding carboxylic acids is 4. The molecule has 0 radical (unpaired) electrons. The van der Waals surface area contributed by atoms with Gasteiger partial charge in [-0.15, -0.1) is 0 Å². The Morgan fingerprint density at radius 3 is 1.88 bits per heavy atom. The second-order valence-corrected chi connectivity index (χ2v) is 13.5. The molecule has 5 aromatic rings. The van der Waals surface area contributed by atoms with Crippen LogP contribution in [-0.4, -0.2) is 102 Å². The first-order chi connectivity index (χ1) is 28.2. The molecule has 59 heavy (non-hydrogen) atoms. The van der Waals surface area contributed by atoms with Gasteiger partial charge in [-0.1, -0.05) is 42.5 Å². The van der Waals surface area contributed by atoms with Gasteiger partial charge >= 0.3 is 17.9 Å². The molecular formula is C42H34O17. The smallest absolute Gasteiger partial charge is 0.339 e. The van der Waals surface area contributed by atoms with E-state index >= 15 is 0 Å². The Morgan fingerprint density at radius 2 is 1.27 bits per heavy atom. The molecule has 1 saturated heterocycles. The predicted octanol–water partition coefficient (Wildman–Crippen LogP) is 4.19. The molecule has 5 atom stereocenters. The number of aromatic hydroxyl groups is 7. The third-order valence-corrected chi connectivity index (χ3v) is 9.65. The van der Waals surface area contributed by atoms with E-state index in [9.17, 15) is 60.0 Å². The number of hydrogen-bond acceptors (Lipinski definition) is 17. The number of hydrogen-bond donors (Lipinski definition) is 8. The number of phenols is 7. The Morgan fingerprint density at radius 1 is 0.678 bits per heavy atom. The number of fused-ring (bicyclic) bond motifs is 4. The average Bonchev–Trinajstić information content (AvgIpc) is 3.22. The molecule has 0 amide bonds. The van der Waals surface area contributed by atoms with Gasteiger partial charge in [-0.2, -0.15) is 0 Å². The molecule has 1 fully saturated rings. The number of Topliss-reactive ketones (excluding diaryl/α,β-unsaturated/α-hetero) is 1. The SMILES string of the molecule is O=C(O[C@@H]1[C@@H](O)[C@H](Oc2cc(O)c(C(=O)CCc3ccc(O)c(O)c3)c(O)c2)O[C@@H]2COC(=O)c3ccccc3-c3ccccc3C(=O)O[C@@H]12)c1cc(O)c(O)c(O)c1. The standard InChI is InChI=1S/C42H34O17/c43-26-11-9-19(13-28(26)45)10-12-27(44)34-29(46)16-21(17-30(34)47)56-42-36(51)38(59-39(52)20-14-31(48)35(50)32(49)15-20)37-33(57-42)18-55-40(53)24-7-3-1-5-22(24)23-6-2-4-8-25(23)41(54)58-37/h1-9,11,13-17,33,36-38,42-43,45-51H,10,12,18H2/t33-,36-,37-,38-,42-/m1/s1. The molecule has 7 rings (SSSR count). The largest absolute Gasteiger partial charge is 0.507 e. The van der Waals surface area contributed by atoms with E-state index < -0.39 is 107 Å². The highest BCUT2D eigenvalue weighted by molar-refractivity contribution is 6.03. The Kier molecular flexibility index (Phi) is 10.9. The van der Waals surface area contributed by atoms with Gasteiger partial charge < -0.3 is 64.5 Å². The number of ketones is 1. The van der Waals surface area contributed by atoms with Crippen molar-refractivity contribution in [1.82, 2.24) is 0 Å². The summed E-state index contributed by atoms with van der Waals surface area (Å²) >= 11 is 0. The Bertz CT molecular complexity index is 2430. The van der Waals surface area contributed by atoms with Crippen molar-refractivity contribution in [3.05, 3.63) is 119 Å². The normalized spacial score (nSPS) is 20.1. The molecule has 8 N–H and O–H groups in total. The van der Waals surface area contributed by atoms with Crippen LogP contribution in [-0.2, 0) is 25.4 Å². The number of aryl methyl sites for hydroxylation is 1. The summed E-state index contributed by atoms with van der Waals surface area (Å²) in [5.41, 5.74) is 0.135. The number of benzene rings is 5. The van der Waals surface area contributed by atoms with E-state index in [-0.39, 0.29) is 41.0 Å². The first kappa shape index (κ1) is 39.7. The van der Waals surface area contributed by atoms with Gasteiger partial charge in [-0.05, 0) is 59.5 Å². The van der Waals surface area contributed by atoms with E-state index in [4.69, 9.17) is 23.7 Å². The average molecular weight is 811 g/mol. The van der Waals surface area contributed by atoms with E-state index in [1.165, 1.54) is 30.3 Å². The van der Waals surface area contributed by atoms with Crippen LogP contribution in [0.5, 0.6) is 46.0 Å². The van der Waals surface area contributed by atoms with Gasteiger partial charge in [0.15, 0.2) is 52.8 Å². The zero-order valence-corrected chi connectivity index (χ0v) is 30.4. The molecule has 2 aliphatic heterocycles. The van der Waals surface area contributed by atoms with Gasteiger partial charge in [0.25, 0.3) is 0 Å². The van der Waals surface area contributed by atoms with Crippen molar-refractivity contribution in [2.45, 2.75) is 43.5 Å². The minimum absolute atomic E-state index is 0.0264. The molecule has 0 bridgehead atoms. The molecule has 5 aromatic carbocycles. The number of aliphatic hydroxyl groups is 1. The summed E-state index contributed by atoms with van der Waals surface area (Å²) in [5.74, 6) is -9.21. The lowest BCUT2D eigenvalue weighted by molar-refractivity contribution is -0.276.